The van der Waals surface area contributed by atoms with Crippen LogP contribution in [0.4, 0.5) is 5.69 Å². The molecule has 0 unspecified atom stereocenters. The number of nitrogens with one attached hydrogen (secondary N) is 2. The molecule has 134 valence electrons. The van der Waals surface area contributed by atoms with Crippen LogP contribution in [0.2, 0.25) is 0 Å². The molecule has 0 aliphatic rings. The van der Waals surface area contributed by atoms with Crippen LogP contribution < -0.4 is 16.3 Å². The van der Waals surface area contributed by atoms with E-state index in [0.717, 1.165) is 0 Å². The van der Waals surface area contributed by atoms with Crippen LogP contribution in [-0.2, 0) is 9.59 Å². The van der Waals surface area contributed by atoms with E-state index in [1.54, 1.807) is 24.3 Å². The molecule has 2 rings (SSSR count). The summed E-state index contributed by atoms with van der Waals surface area (Å²) in [6.45, 7) is 7.68. The molecule has 0 fully saturated rings. The predicted molar refractivity (Wildman–Crippen MR) is 97.3 cm³/mol. The summed E-state index contributed by atoms with van der Waals surface area (Å²) >= 11 is 0. The van der Waals surface area contributed by atoms with Crippen LogP contribution in [0.5, 0.6) is 0 Å². The fourth-order valence-corrected chi connectivity index (χ4v) is 2.51. The van der Waals surface area contributed by atoms with Gasteiger partial charge in [0, 0.05) is 23.6 Å². The molecule has 0 spiro atoms. The van der Waals surface area contributed by atoms with E-state index in [1.807, 2.05) is 27.7 Å². The standard InChI is InChI=1S/C19H24N2O4/c1-11(2)9-16(22)21-18(12(3)4)19(24)20-14-6-7-15-13(10-14)5-8-17(23)25-15/h5-8,10-12,18H,9H2,1-4H3,(H,20,24)(H,21,22)/t18-/m1/s1. The normalized spacial score (nSPS) is 12.4. The van der Waals surface area contributed by atoms with Crippen LogP contribution in [0.1, 0.15) is 34.1 Å². The quantitative estimate of drug-likeness (QED) is 0.789. The Hall–Kier alpha value is -2.63. The number of fused-ring (bicyclic) bond motifs is 1. The number of carbonyl (C=O) groups is 2. The molecule has 1 aromatic heterocycles. The van der Waals surface area contributed by atoms with Gasteiger partial charge in [0.1, 0.15) is 11.6 Å². The second kappa shape index (κ2) is 7.96. The molecule has 0 aliphatic carbocycles. The molecule has 2 aromatic rings. The van der Waals surface area contributed by atoms with Crippen molar-refractivity contribution in [2.75, 3.05) is 5.32 Å². The smallest absolute Gasteiger partial charge is 0.336 e. The van der Waals surface area contributed by atoms with Gasteiger partial charge in [-0.25, -0.2) is 4.79 Å². The minimum absolute atomic E-state index is 0.0467. The molecule has 1 aromatic carbocycles. The van der Waals surface area contributed by atoms with Crippen molar-refractivity contribution in [2.45, 2.75) is 40.2 Å². The van der Waals surface area contributed by atoms with Gasteiger partial charge < -0.3 is 15.1 Å². The highest BCUT2D eigenvalue weighted by molar-refractivity contribution is 5.98. The lowest BCUT2D eigenvalue weighted by Gasteiger charge is -2.22. The lowest BCUT2D eigenvalue weighted by Crippen LogP contribution is -2.47. The fraction of sp³-hybridized carbons (Fsp3) is 0.421. The van der Waals surface area contributed by atoms with E-state index >= 15 is 0 Å². The zero-order valence-corrected chi connectivity index (χ0v) is 15.0. The number of hydrogen-bond donors (Lipinski definition) is 2. The first-order valence-electron chi connectivity index (χ1n) is 8.40. The average Bonchev–Trinajstić information content (AvgIpc) is 2.51. The third-order valence-electron chi connectivity index (χ3n) is 3.75. The predicted octanol–water partition coefficient (Wildman–Crippen LogP) is 2.92. The van der Waals surface area contributed by atoms with Crippen LogP contribution in [0.25, 0.3) is 11.0 Å². The van der Waals surface area contributed by atoms with Gasteiger partial charge in [0.25, 0.3) is 0 Å². The number of rotatable bonds is 6. The van der Waals surface area contributed by atoms with E-state index in [9.17, 15) is 14.4 Å². The van der Waals surface area contributed by atoms with Gasteiger partial charge in [-0.05, 0) is 36.1 Å². The van der Waals surface area contributed by atoms with Gasteiger partial charge >= 0.3 is 5.63 Å². The summed E-state index contributed by atoms with van der Waals surface area (Å²) < 4.78 is 5.07. The van der Waals surface area contributed by atoms with Crippen LogP contribution in [0.15, 0.2) is 39.5 Å². The number of carbonyl (C=O) groups excluding carboxylic acids is 2. The SMILES string of the molecule is CC(C)CC(=O)N[C@@H](C(=O)Nc1ccc2oc(=O)ccc2c1)C(C)C. The monoisotopic (exact) mass is 344 g/mol. The van der Waals surface area contributed by atoms with Gasteiger partial charge in [0.2, 0.25) is 11.8 Å². The number of amides is 2. The zero-order valence-electron chi connectivity index (χ0n) is 15.0. The average molecular weight is 344 g/mol. The van der Waals surface area contributed by atoms with Crippen LogP contribution in [-0.4, -0.2) is 17.9 Å². The summed E-state index contributed by atoms with van der Waals surface area (Å²) in [4.78, 5) is 35.8. The number of anilines is 1. The number of benzene rings is 1. The van der Waals surface area contributed by atoms with E-state index in [2.05, 4.69) is 10.6 Å². The third kappa shape index (κ3) is 5.17. The Bertz CT molecular complexity index is 824. The number of hydrogen-bond acceptors (Lipinski definition) is 4. The second-order valence-corrected chi connectivity index (χ2v) is 6.88. The molecule has 0 saturated heterocycles. The highest BCUT2D eigenvalue weighted by Gasteiger charge is 2.24. The van der Waals surface area contributed by atoms with Crippen molar-refractivity contribution in [3.8, 4) is 0 Å². The van der Waals surface area contributed by atoms with Crippen molar-refractivity contribution < 1.29 is 14.0 Å². The maximum Gasteiger partial charge on any atom is 0.336 e. The maximum absolute atomic E-state index is 12.6. The Morgan fingerprint density at radius 1 is 1.08 bits per heavy atom. The summed E-state index contributed by atoms with van der Waals surface area (Å²) in [5, 5.41) is 6.33. The summed E-state index contributed by atoms with van der Waals surface area (Å²) in [6, 6.07) is 7.38. The molecule has 0 saturated carbocycles. The fourth-order valence-electron chi connectivity index (χ4n) is 2.51. The van der Waals surface area contributed by atoms with Crippen molar-refractivity contribution >= 4 is 28.5 Å². The Labute approximate surface area is 146 Å². The minimum Gasteiger partial charge on any atom is -0.423 e. The third-order valence-corrected chi connectivity index (χ3v) is 3.75. The van der Waals surface area contributed by atoms with Gasteiger partial charge in [-0.3, -0.25) is 9.59 Å². The molecule has 6 nitrogen and oxygen atoms in total. The molecule has 2 N–H and O–H groups in total. The molecule has 6 heteroatoms. The minimum atomic E-state index is -0.615. The topological polar surface area (TPSA) is 88.4 Å². The van der Waals surface area contributed by atoms with Crippen LogP contribution >= 0.6 is 0 Å². The zero-order chi connectivity index (χ0) is 18.6. The van der Waals surface area contributed by atoms with Crippen LogP contribution in [0.3, 0.4) is 0 Å². The first-order chi connectivity index (χ1) is 11.8. The molecule has 25 heavy (non-hydrogen) atoms. The molecule has 1 atom stereocenters. The van der Waals surface area contributed by atoms with Crippen molar-refractivity contribution in [3.05, 3.63) is 40.8 Å². The lowest BCUT2D eigenvalue weighted by atomic mass is 10.0. The highest BCUT2D eigenvalue weighted by atomic mass is 16.4. The Morgan fingerprint density at radius 3 is 2.44 bits per heavy atom. The Morgan fingerprint density at radius 2 is 1.80 bits per heavy atom. The van der Waals surface area contributed by atoms with Gasteiger partial charge in [-0.1, -0.05) is 27.7 Å². The summed E-state index contributed by atoms with van der Waals surface area (Å²) in [6.07, 6.45) is 0.380. The van der Waals surface area contributed by atoms with E-state index < -0.39 is 11.7 Å². The lowest BCUT2D eigenvalue weighted by molar-refractivity contribution is -0.127. The molecular formula is C19H24N2O4. The van der Waals surface area contributed by atoms with Gasteiger partial charge in [-0.2, -0.15) is 0 Å². The molecule has 1 heterocycles. The molecule has 0 bridgehead atoms. The van der Waals surface area contributed by atoms with Crippen molar-refractivity contribution in [2.24, 2.45) is 11.8 Å². The van der Waals surface area contributed by atoms with Gasteiger partial charge in [-0.15, -0.1) is 0 Å². The maximum atomic E-state index is 12.6. The molecule has 0 aliphatic heterocycles. The second-order valence-electron chi connectivity index (χ2n) is 6.88. The van der Waals surface area contributed by atoms with Gasteiger partial charge in [0.15, 0.2) is 0 Å². The summed E-state index contributed by atoms with van der Waals surface area (Å²) in [5.74, 6) is -0.228. The van der Waals surface area contributed by atoms with Crippen LogP contribution in [0, 0.1) is 11.8 Å². The molecular weight excluding hydrogens is 320 g/mol. The van der Waals surface area contributed by atoms with Gasteiger partial charge in [0.05, 0.1) is 0 Å². The first kappa shape index (κ1) is 18.7. The summed E-state index contributed by atoms with van der Waals surface area (Å²) in [5.41, 5.74) is 0.614. The molecule has 2 amide bonds. The van der Waals surface area contributed by atoms with Crippen molar-refractivity contribution in [1.29, 1.82) is 0 Å². The van der Waals surface area contributed by atoms with E-state index in [1.165, 1.54) is 6.07 Å². The van der Waals surface area contributed by atoms with Crippen molar-refractivity contribution in [1.82, 2.24) is 5.32 Å². The Kier molecular flexibility index (Phi) is 5.96. The van der Waals surface area contributed by atoms with Crippen molar-refractivity contribution in [3.63, 3.8) is 0 Å². The first-order valence-corrected chi connectivity index (χ1v) is 8.40. The largest absolute Gasteiger partial charge is 0.423 e. The summed E-state index contributed by atoms with van der Waals surface area (Å²) in [7, 11) is 0. The van der Waals surface area contributed by atoms with E-state index in [0.29, 0.717) is 23.1 Å². The molecule has 0 radical (unpaired) electrons. The Balaban J connectivity index is 2.13. The van der Waals surface area contributed by atoms with E-state index in [-0.39, 0.29) is 23.7 Å². The highest BCUT2D eigenvalue weighted by Crippen LogP contribution is 2.18. The van der Waals surface area contributed by atoms with E-state index in [4.69, 9.17) is 4.42 Å².